The number of hydrogen-bond donors (Lipinski definition) is 1. The minimum atomic E-state index is -0.727. The van der Waals surface area contributed by atoms with Gasteiger partial charge in [-0.3, -0.25) is 9.59 Å². The first-order valence-corrected chi connectivity index (χ1v) is 8.87. The van der Waals surface area contributed by atoms with Gasteiger partial charge in [0.05, 0.1) is 11.5 Å². The Bertz CT molecular complexity index is 577. The lowest BCUT2D eigenvalue weighted by atomic mass is 9.46. The van der Waals surface area contributed by atoms with Crippen molar-refractivity contribution < 1.29 is 14.7 Å². The highest BCUT2D eigenvalue weighted by Gasteiger charge is 2.61. The highest BCUT2D eigenvalue weighted by molar-refractivity contribution is 6.46. The van der Waals surface area contributed by atoms with E-state index in [1.54, 1.807) is 6.08 Å². The van der Waals surface area contributed by atoms with Crippen LogP contribution in [0.15, 0.2) is 11.6 Å². The number of ketones is 2. The molecule has 120 valence electrons. The number of carbonyl (C=O) groups excluding carboxylic acids is 2. The Morgan fingerprint density at radius 1 is 1.14 bits per heavy atom. The van der Waals surface area contributed by atoms with E-state index in [0.29, 0.717) is 12.3 Å². The summed E-state index contributed by atoms with van der Waals surface area (Å²) in [7, 11) is 0. The van der Waals surface area contributed by atoms with Crippen LogP contribution in [0.2, 0.25) is 0 Å². The van der Waals surface area contributed by atoms with Gasteiger partial charge in [0.1, 0.15) is 0 Å². The van der Waals surface area contributed by atoms with E-state index in [0.717, 1.165) is 12.0 Å². The molecule has 1 N–H and O–H groups in total. The van der Waals surface area contributed by atoms with Crippen LogP contribution in [0.25, 0.3) is 0 Å². The maximum Gasteiger partial charge on any atom is 0.222 e. The normalized spacial score (nSPS) is 51.0. The molecule has 0 bridgehead atoms. The minimum absolute atomic E-state index is 0.178. The van der Waals surface area contributed by atoms with Crippen molar-refractivity contribution in [2.45, 2.75) is 64.9 Å². The maximum atomic E-state index is 12.3. The molecule has 3 saturated carbocycles. The fraction of sp³-hybridized carbons (Fsp3) is 0.789. The van der Waals surface area contributed by atoms with Gasteiger partial charge >= 0.3 is 0 Å². The number of rotatable bonds is 0. The van der Waals surface area contributed by atoms with Gasteiger partial charge in [0, 0.05) is 0 Å². The summed E-state index contributed by atoms with van der Waals surface area (Å²) in [4.78, 5) is 24.3. The first kappa shape index (κ1) is 14.6. The summed E-state index contributed by atoms with van der Waals surface area (Å²) in [5, 5.41) is 10.9. The molecule has 4 rings (SSSR count). The molecule has 6 atom stereocenters. The summed E-state index contributed by atoms with van der Waals surface area (Å²) in [6.07, 6.45) is 8.84. The minimum Gasteiger partial charge on any atom is -0.393 e. The van der Waals surface area contributed by atoms with Gasteiger partial charge in [0.2, 0.25) is 11.6 Å². The number of carbonyl (C=O) groups is 2. The van der Waals surface area contributed by atoms with Crippen LogP contribution in [0.5, 0.6) is 0 Å². The first-order valence-electron chi connectivity index (χ1n) is 8.87. The third-order valence-electron chi connectivity index (χ3n) is 7.55. The second-order valence-corrected chi connectivity index (χ2v) is 8.55. The third kappa shape index (κ3) is 1.66. The van der Waals surface area contributed by atoms with Gasteiger partial charge in [0.25, 0.3) is 0 Å². The molecule has 0 heterocycles. The van der Waals surface area contributed by atoms with Crippen LogP contribution >= 0.6 is 0 Å². The fourth-order valence-electron chi connectivity index (χ4n) is 6.46. The van der Waals surface area contributed by atoms with Crippen LogP contribution < -0.4 is 0 Å². The van der Waals surface area contributed by atoms with Crippen LogP contribution in [0.4, 0.5) is 0 Å². The molecular formula is C19H26O3. The van der Waals surface area contributed by atoms with Crippen molar-refractivity contribution in [3.05, 3.63) is 11.6 Å². The number of aliphatic hydroxyl groups is 1. The number of Topliss-reactive ketones (excluding diaryl/α,β-unsaturated/α-hetero) is 1. The topological polar surface area (TPSA) is 54.4 Å². The van der Waals surface area contributed by atoms with E-state index in [1.165, 1.54) is 32.1 Å². The van der Waals surface area contributed by atoms with Crippen LogP contribution in [0, 0.1) is 28.6 Å². The number of allylic oxidation sites excluding steroid dienone is 2. The maximum absolute atomic E-state index is 12.3. The van der Waals surface area contributed by atoms with Gasteiger partial charge < -0.3 is 5.11 Å². The van der Waals surface area contributed by atoms with E-state index in [-0.39, 0.29) is 28.8 Å². The highest BCUT2D eigenvalue weighted by Crippen LogP contribution is 2.63. The van der Waals surface area contributed by atoms with Crippen molar-refractivity contribution in [3.63, 3.8) is 0 Å². The molecule has 0 amide bonds. The van der Waals surface area contributed by atoms with Gasteiger partial charge in [-0.25, -0.2) is 0 Å². The quantitative estimate of drug-likeness (QED) is 0.700. The standard InChI is InChI=1S/C19H26O3/c1-18-8-4-3-5-11(18)6-7-12-13-9-14(20)17(22)19(13,2)10-15(21)16(12)18/h9,11-12,15-16,21H,3-8,10H2,1-2H3/t11?,12-,15-,16+,18-,19-/m0/s1. The summed E-state index contributed by atoms with van der Waals surface area (Å²) >= 11 is 0. The molecule has 4 aliphatic carbocycles. The molecule has 3 heteroatoms. The number of hydrogen-bond acceptors (Lipinski definition) is 3. The molecule has 0 aromatic heterocycles. The molecule has 4 aliphatic rings. The lowest BCUT2D eigenvalue weighted by Crippen LogP contribution is -2.56. The zero-order valence-corrected chi connectivity index (χ0v) is 13.6. The Kier molecular flexibility index (Phi) is 3.01. The zero-order chi connectivity index (χ0) is 15.7. The molecule has 0 radical (unpaired) electrons. The van der Waals surface area contributed by atoms with Crippen molar-refractivity contribution >= 4 is 11.6 Å². The molecule has 22 heavy (non-hydrogen) atoms. The van der Waals surface area contributed by atoms with Crippen molar-refractivity contribution in [3.8, 4) is 0 Å². The zero-order valence-electron chi connectivity index (χ0n) is 13.6. The van der Waals surface area contributed by atoms with E-state index >= 15 is 0 Å². The monoisotopic (exact) mass is 302 g/mol. The summed E-state index contributed by atoms with van der Waals surface area (Å²) in [6.45, 7) is 4.24. The van der Waals surface area contributed by atoms with Crippen molar-refractivity contribution in [1.29, 1.82) is 0 Å². The summed E-state index contributed by atoms with van der Waals surface area (Å²) < 4.78 is 0. The van der Waals surface area contributed by atoms with Gasteiger partial charge in [-0.1, -0.05) is 19.8 Å². The van der Waals surface area contributed by atoms with Gasteiger partial charge in [0.15, 0.2) is 0 Å². The Morgan fingerprint density at radius 3 is 2.68 bits per heavy atom. The van der Waals surface area contributed by atoms with Crippen LogP contribution in [-0.4, -0.2) is 22.8 Å². The molecule has 3 nitrogen and oxygen atoms in total. The molecule has 3 fully saturated rings. The van der Waals surface area contributed by atoms with E-state index in [9.17, 15) is 14.7 Å². The molecule has 0 saturated heterocycles. The summed E-state index contributed by atoms with van der Waals surface area (Å²) in [6, 6.07) is 0. The summed E-state index contributed by atoms with van der Waals surface area (Å²) in [5.41, 5.74) is 0.496. The van der Waals surface area contributed by atoms with Gasteiger partial charge in [-0.2, -0.15) is 0 Å². The van der Waals surface area contributed by atoms with E-state index in [1.807, 2.05) is 6.92 Å². The molecule has 0 aromatic carbocycles. The second-order valence-electron chi connectivity index (χ2n) is 8.55. The van der Waals surface area contributed by atoms with Gasteiger partial charge in [-0.15, -0.1) is 0 Å². The Labute approximate surface area is 132 Å². The third-order valence-corrected chi connectivity index (χ3v) is 7.55. The Balaban J connectivity index is 1.78. The van der Waals surface area contributed by atoms with E-state index in [2.05, 4.69) is 6.92 Å². The summed E-state index contributed by atoms with van der Waals surface area (Å²) in [5.74, 6) is 0.514. The Hall–Kier alpha value is -0.960. The highest BCUT2D eigenvalue weighted by atomic mass is 16.3. The fourth-order valence-corrected chi connectivity index (χ4v) is 6.46. The second kappa shape index (κ2) is 4.53. The number of aliphatic hydroxyl groups excluding tert-OH is 1. The van der Waals surface area contributed by atoms with E-state index in [4.69, 9.17) is 0 Å². The molecule has 0 aliphatic heterocycles. The van der Waals surface area contributed by atoms with Gasteiger partial charge in [-0.05, 0) is 73.8 Å². The van der Waals surface area contributed by atoms with E-state index < -0.39 is 11.5 Å². The average Bonchev–Trinajstić information content (AvgIpc) is 2.70. The van der Waals surface area contributed by atoms with Crippen LogP contribution in [0.1, 0.15) is 58.8 Å². The van der Waals surface area contributed by atoms with Crippen molar-refractivity contribution in [1.82, 2.24) is 0 Å². The SMILES string of the molecule is C[C@]12C[C@H](O)[C@H]3[C@@H](CCC4CCCC[C@@]43C)C1=CC(=O)C2=O. The predicted molar refractivity (Wildman–Crippen MR) is 83.1 cm³/mol. The largest absolute Gasteiger partial charge is 0.393 e. The van der Waals surface area contributed by atoms with Crippen molar-refractivity contribution in [2.24, 2.45) is 28.6 Å². The molecular weight excluding hydrogens is 276 g/mol. The van der Waals surface area contributed by atoms with Crippen LogP contribution in [-0.2, 0) is 9.59 Å². The first-order chi connectivity index (χ1) is 10.4. The predicted octanol–water partition coefficient (Wildman–Crippen LogP) is 3.06. The lowest BCUT2D eigenvalue weighted by molar-refractivity contribution is -0.145. The molecule has 0 aromatic rings. The molecule has 0 spiro atoms. The van der Waals surface area contributed by atoms with Crippen LogP contribution in [0.3, 0.4) is 0 Å². The Morgan fingerprint density at radius 2 is 1.91 bits per heavy atom. The average molecular weight is 302 g/mol. The molecule has 1 unspecified atom stereocenters. The number of fused-ring (bicyclic) bond motifs is 5. The smallest absolute Gasteiger partial charge is 0.222 e. The van der Waals surface area contributed by atoms with Crippen molar-refractivity contribution in [2.75, 3.05) is 0 Å². The lowest BCUT2D eigenvalue weighted by Gasteiger charge is -2.59.